The van der Waals surface area contributed by atoms with Gasteiger partial charge in [-0.15, -0.1) is 0 Å². The van der Waals surface area contributed by atoms with Crippen LogP contribution in [0.25, 0.3) is 0 Å². The van der Waals surface area contributed by atoms with E-state index in [1.54, 1.807) is 0 Å². The lowest BCUT2D eigenvalue weighted by Crippen LogP contribution is -2.34. The molecule has 2 fully saturated rings. The second-order valence-electron chi connectivity index (χ2n) is 5.65. The van der Waals surface area contributed by atoms with E-state index in [9.17, 15) is 13.2 Å². The van der Waals surface area contributed by atoms with Gasteiger partial charge in [0.15, 0.2) is 0 Å². The van der Waals surface area contributed by atoms with Crippen molar-refractivity contribution in [3.63, 3.8) is 0 Å². The van der Waals surface area contributed by atoms with E-state index in [0.29, 0.717) is 11.7 Å². The number of nitrogens with zero attached hydrogens (tertiary/aromatic N) is 2. The molecule has 1 N–H and O–H groups in total. The van der Waals surface area contributed by atoms with Gasteiger partial charge in [-0.1, -0.05) is 0 Å². The predicted molar refractivity (Wildman–Crippen MR) is 72.8 cm³/mol. The summed E-state index contributed by atoms with van der Waals surface area (Å²) in [6, 6.07) is 5.85. The van der Waals surface area contributed by atoms with Crippen LogP contribution in [0.5, 0.6) is 0 Å². The van der Waals surface area contributed by atoms with E-state index >= 15 is 0 Å². The molecule has 21 heavy (non-hydrogen) atoms. The van der Waals surface area contributed by atoms with Crippen LogP contribution in [0.3, 0.4) is 0 Å². The molecule has 1 aromatic rings. The molecule has 2 aliphatic heterocycles. The van der Waals surface area contributed by atoms with Crippen molar-refractivity contribution < 1.29 is 13.2 Å². The molecule has 2 heterocycles. The number of halogens is 3. The lowest BCUT2D eigenvalue weighted by Gasteiger charge is -2.23. The summed E-state index contributed by atoms with van der Waals surface area (Å²) < 4.78 is 38.0. The fourth-order valence-corrected chi connectivity index (χ4v) is 3.39. The molecule has 3 rings (SSSR count). The van der Waals surface area contributed by atoms with E-state index in [4.69, 9.17) is 5.26 Å². The maximum Gasteiger partial charge on any atom is 0.416 e. The molecule has 0 aromatic heterocycles. The van der Waals surface area contributed by atoms with Gasteiger partial charge in [0.05, 0.1) is 16.8 Å². The number of anilines is 1. The first-order chi connectivity index (χ1) is 9.99. The summed E-state index contributed by atoms with van der Waals surface area (Å²) in [5.41, 5.74) is -0.218. The van der Waals surface area contributed by atoms with Crippen LogP contribution in [0.1, 0.15) is 30.4 Å². The fraction of sp³-hybridized carbons (Fsp3) is 0.533. The van der Waals surface area contributed by atoms with Gasteiger partial charge in [-0.05, 0) is 44.0 Å². The third kappa shape index (κ3) is 2.70. The van der Waals surface area contributed by atoms with Crippen molar-refractivity contribution in [1.29, 1.82) is 5.26 Å². The molecule has 2 saturated heterocycles. The number of hydrogen-bond donors (Lipinski definition) is 1. The van der Waals surface area contributed by atoms with E-state index in [0.717, 1.165) is 38.1 Å². The molecule has 0 bridgehead atoms. The summed E-state index contributed by atoms with van der Waals surface area (Å²) in [6.45, 7) is 2.12. The zero-order valence-corrected chi connectivity index (χ0v) is 11.5. The third-order valence-electron chi connectivity index (χ3n) is 4.41. The Hall–Kier alpha value is -1.74. The molecular formula is C15H16F3N3. The highest BCUT2D eigenvalue weighted by Gasteiger charge is 2.37. The highest BCUT2D eigenvalue weighted by atomic mass is 19.4. The minimum absolute atomic E-state index is 0.0567. The summed E-state index contributed by atoms with van der Waals surface area (Å²) in [7, 11) is 0. The third-order valence-corrected chi connectivity index (χ3v) is 4.41. The summed E-state index contributed by atoms with van der Waals surface area (Å²) in [6.07, 6.45) is -1.17. The van der Waals surface area contributed by atoms with Gasteiger partial charge in [-0.3, -0.25) is 4.90 Å². The standard InChI is InChI=1S/C15H16F3N3/c16-15(17,18)11-3-4-12(10(8-11)9-19)20-13-5-7-21-6-1-2-14(13)21/h3-4,8,13-14,20H,1-2,5-7H2. The molecule has 1 aromatic carbocycles. The average molecular weight is 295 g/mol. The Balaban J connectivity index is 1.81. The molecule has 2 atom stereocenters. The quantitative estimate of drug-likeness (QED) is 0.910. The van der Waals surface area contributed by atoms with Gasteiger partial charge in [0, 0.05) is 18.6 Å². The summed E-state index contributed by atoms with van der Waals surface area (Å²) >= 11 is 0. The van der Waals surface area contributed by atoms with E-state index in [1.807, 2.05) is 6.07 Å². The van der Waals surface area contributed by atoms with Gasteiger partial charge in [0.25, 0.3) is 0 Å². The van der Waals surface area contributed by atoms with Crippen LogP contribution >= 0.6 is 0 Å². The molecule has 3 nitrogen and oxygen atoms in total. The van der Waals surface area contributed by atoms with Gasteiger partial charge >= 0.3 is 6.18 Å². The van der Waals surface area contributed by atoms with Crippen molar-refractivity contribution in [3.8, 4) is 6.07 Å². The van der Waals surface area contributed by atoms with Crippen molar-refractivity contribution in [2.75, 3.05) is 18.4 Å². The average Bonchev–Trinajstić information content (AvgIpc) is 3.03. The SMILES string of the molecule is N#Cc1cc(C(F)(F)F)ccc1NC1CCN2CCCC12. The number of benzene rings is 1. The van der Waals surface area contributed by atoms with Crippen molar-refractivity contribution in [1.82, 2.24) is 4.90 Å². The minimum atomic E-state index is -4.42. The zero-order valence-electron chi connectivity index (χ0n) is 11.5. The first kappa shape index (κ1) is 14.2. The van der Waals surface area contributed by atoms with E-state index in [2.05, 4.69) is 10.2 Å². The van der Waals surface area contributed by atoms with Crippen LogP contribution in [0, 0.1) is 11.3 Å². The molecular weight excluding hydrogens is 279 g/mol. The molecule has 0 aliphatic carbocycles. The molecule has 2 aliphatic rings. The second kappa shape index (κ2) is 5.23. The van der Waals surface area contributed by atoms with Crippen LogP contribution < -0.4 is 5.32 Å². The molecule has 6 heteroatoms. The Morgan fingerprint density at radius 3 is 2.76 bits per heavy atom. The van der Waals surface area contributed by atoms with Crippen LogP contribution in [0.2, 0.25) is 0 Å². The number of nitriles is 1. The Labute approximate surface area is 121 Å². The van der Waals surface area contributed by atoms with Gasteiger partial charge in [0.2, 0.25) is 0 Å². The number of rotatable bonds is 2. The Bertz CT molecular complexity index is 577. The maximum atomic E-state index is 12.7. The first-order valence-corrected chi connectivity index (χ1v) is 7.11. The molecule has 0 radical (unpaired) electrons. The summed E-state index contributed by atoms with van der Waals surface area (Å²) in [4.78, 5) is 2.41. The van der Waals surface area contributed by atoms with Crippen LogP contribution in [-0.2, 0) is 6.18 Å². The Morgan fingerprint density at radius 1 is 1.24 bits per heavy atom. The number of nitrogens with one attached hydrogen (secondary N) is 1. The van der Waals surface area contributed by atoms with Gasteiger partial charge in [0.1, 0.15) is 6.07 Å². The monoisotopic (exact) mass is 295 g/mol. The van der Waals surface area contributed by atoms with Crippen molar-refractivity contribution >= 4 is 5.69 Å². The lowest BCUT2D eigenvalue weighted by atomic mass is 10.0. The Morgan fingerprint density at radius 2 is 2.05 bits per heavy atom. The zero-order chi connectivity index (χ0) is 15.0. The highest BCUT2D eigenvalue weighted by Crippen LogP contribution is 2.34. The first-order valence-electron chi connectivity index (χ1n) is 7.11. The van der Waals surface area contributed by atoms with Gasteiger partial charge in [-0.2, -0.15) is 18.4 Å². The van der Waals surface area contributed by atoms with Crippen LogP contribution in [-0.4, -0.2) is 30.1 Å². The van der Waals surface area contributed by atoms with Crippen molar-refractivity contribution in [3.05, 3.63) is 29.3 Å². The van der Waals surface area contributed by atoms with Gasteiger partial charge < -0.3 is 5.32 Å². The van der Waals surface area contributed by atoms with E-state index < -0.39 is 11.7 Å². The van der Waals surface area contributed by atoms with Gasteiger partial charge in [-0.25, -0.2) is 0 Å². The maximum absolute atomic E-state index is 12.7. The summed E-state index contributed by atoms with van der Waals surface area (Å²) in [5.74, 6) is 0. The minimum Gasteiger partial charge on any atom is -0.380 e. The molecule has 0 saturated carbocycles. The molecule has 112 valence electrons. The fourth-order valence-electron chi connectivity index (χ4n) is 3.39. The molecule has 0 amide bonds. The Kier molecular flexibility index (Phi) is 3.54. The summed E-state index contributed by atoms with van der Waals surface area (Å²) in [5, 5.41) is 12.4. The van der Waals surface area contributed by atoms with Crippen molar-refractivity contribution in [2.45, 2.75) is 37.5 Å². The van der Waals surface area contributed by atoms with E-state index in [1.165, 1.54) is 12.5 Å². The smallest absolute Gasteiger partial charge is 0.380 e. The molecule has 0 spiro atoms. The highest BCUT2D eigenvalue weighted by molar-refractivity contribution is 5.59. The second-order valence-corrected chi connectivity index (χ2v) is 5.65. The topological polar surface area (TPSA) is 39.1 Å². The predicted octanol–water partition coefficient (Wildman–Crippen LogP) is 3.23. The largest absolute Gasteiger partial charge is 0.416 e. The molecule has 2 unspecified atom stereocenters. The van der Waals surface area contributed by atoms with E-state index in [-0.39, 0.29) is 11.6 Å². The number of hydrogen-bond acceptors (Lipinski definition) is 3. The normalized spacial score (nSPS) is 25.6. The van der Waals surface area contributed by atoms with Crippen LogP contribution in [0.4, 0.5) is 18.9 Å². The number of alkyl halides is 3. The van der Waals surface area contributed by atoms with Crippen LogP contribution in [0.15, 0.2) is 18.2 Å². The van der Waals surface area contributed by atoms with Crippen molar-refractivity contribution in [2.24, 2.45) is 0 Å². The lowest BCUT2D eigenvalue weighted by molar-refractivity contribution is -0.137. The number of fused-ring (bicyclic) bond motifs is 1.